The molecule has 0 unspecified atom stereocenters. The van der Waals surface area contributed by atoms with Gasteiger partial charge >= 0.3 is 0 Å². The van der Waals surface area contributed by atoms with Crippen molar-refractivity contribution in [2.45, 2.75) is 25.9 Å². The zero-order chi connectivity index (χ0) is 14.6. The Morgan fingerprint density at radius 1 is 1.40 bits per heavy atom. The van der Waals surface area contributed by atoms with Crippen molar-refractivity contribution < 1.29 is 4.79 Å². The number of hydrogen-bond donors (Lipinski definition) is 2. The number of benzene rings is 1. The second-order valence-corrected chi connectivity index (χ2v) is 6.05. The maximum Gasteiger partial charge on any atom is 0.240 e. The zero-order valence-electron chi connectivity index (χ0n) is 12.1. The van der Waals surface area contributed by atoms with Gasteiger partial charge in [0.2, 0.25) is 5.91 Å². The van der Waals surface area contributed by atoms with Gasteiger partial charge in [0.05, 0.1) is 5.54 Å². The number of halogens is 1. The molecule has 0 aromatic heterocycles. The second-order valence-electron chi connectivity index (χ2n) is 5.61. The van der Waals surface area contributed by atoms with Crippen LogP contribution in [0, 0.1) is 0 Å². The van der Waals surface area contributed by atoms with Gasteiger partial charge in [-0.15, -0.1) is 0 Å². The number of carbonyl (C=O) groups is 1. The topological polar surface area (TPSA) is 44.4 Å². The molecule has 0 saturated carbocycles. The number of nitrogens with zero attached hydrogens (tertiary/aromatic N) is 1. The summed E-state index contributed by atoms with van der Waals surface area (Å²) in [5, 5.41) is 7.00. The summed E-state index contributed by atoms with van der Waals surface area (Å²) in [5.74, 6) is 0.0550. The largest absolute Gasteiger partial charge is 0.350 e. The summed E-state index contributed by atoms with van der Waals surface area (Å²) in [4.78, 5) is 14.6. The van der Waals surface area contributed by atoms with Crippen LogP contribution in [-0.2, 0) is 11.3 Å². The van der Waals surface area contributed by atoms with Crippen LogP contribution in [0.5, 0.6) is 0 Å². The van der Waals surface area contributed by atoms with Crippen molar-refractivity contribution >= 4 is 17.5 Å². The third-order valence-corrected chi connectivity index (χ3v) is 4.04. The fraction of sp³-hybridized carbons (Fsp3) is 0.533. The summed E-state index contributed by atoms with van der Waals surface area (Å²) >= 11 is 5.94. The quantitative estimate of drug-likeness (QED) is 0.888. The standard InChI is InChI=1S/C15H22ClN3O/c1-15(2,19-8-6-17-7-9-19)14(20)18-11-12-4-3-5-13(16)10-12/h3-5,10,17H,6-9,11H2,1-2H3,(H,18,20). The fourth-order valence-corrected chi connectivity index (χ4v) is 2.63. The molecule has 1 amide bonds. The smallest absolute Gasteiger partial charge is 0.240 e. The van der Waals surface area contributed by atoms with E-state index in [0.29, 0.717) is 11.6 Å². The van der Waals surface area contributed by atoms with Crippen molar-refractivity contribution in [3.8, 4) is 0 Å². The van der Waals surface area contributed by atoms with E-state index in [9.17, 15) is 4.79 Å². The third-order valence-electron chi connectivity index (χ3n) is 3.81. The molecule has 0 radical (unpaired) electrons. The van der Waals surface area contributed by atoms with Gasteiger partial charge in [-0.05, 0) is 31.5 Å². The predicted molar refractivity (Wildman–Crippen MR) is 81.8 cm³/mol. The van der Waals surface area contributed by atoms with Crippen LogP contribution in [0.2, 0.25) is 5.02 Å². The van der Waals surface area contributed by atoms with Crippen molar-refractivity contribution in [2.24, 2.45) is 0 Å². The van der Waals surface area contributed by atoms with Crippen LogP contribution in [0.1, 0.15) is 19.4 Å². The summed E-state index contributed by atoms with van der Waals surface area (Å²) in [7, 11) is 0. The van der Waals surface area contributed by atoms with Crippen molar-refractivity contribution in [1.29, 1.82) is 0 Å². The van der Waals surface area contributed by atoms with Gasteiger partial charge in [-0.2, -0.15) is 0 Å². The Kier molecular flexibility index (Phi) is 5.02. The van der Waals surface area contributed by atoms with Crippen molar-refractivity contribution in [1.82, 2.24) is 15.5 Å². The molecule has 1 heterocycles. The van der Waals surface area contributed by atoms with Crippen LogP contribution in [0.3, 0.4) is 0 Å². The molecule has 2 rings (SSSR count). The highest BCUT2D eigenvalue weighted by Crippen LogP contribution is 2.16. The normalized spacial score (nSPS) is 16.9. The van der Waals surface area contributed by atoms with Crippen LogP contribution in [0.25, 0.3) is 0 Å². The van der Waals surface area contributed by atoms with Crippen LogP contribution in [0.4, 0.5) is 0 Å². The molecule has 1 aliphatic rings. The molecule has 20 heavy (non-hydrogen) atoms. The maximum atomic E-state index is 12.4. The highest BCUT2D eigenvalue weighted by atomic mass is 35.5. The molecule has 2 N–H and O–H groups in total. The summed E-state index contributed by atoms with van der Waals surface area (Å²) in [6.07, 6.45) is 0. The van der Waals surface area contributed by atoms with Gasteiger partial charge in [-0.25, -0.2) is 0 Å². The summed E-state index contributed by atoms with van der Waals surface area (Å²) in [5.41, 5.74) is 0.530. The molecule has 0 aliphatic carbocycles. The van der Waals surface area contributed by atoms with Crippen LogP contribution in [0.15, 0.2) is 24.3 Å². The summed E-state index contributed by atoms with van der Waals surface area (Å²) in [6.45, 7) is 8.14. The lowest BCUT2D eigenvalue weighted by atomic mass is 10.0. The molecule has 110 valence electrons. The molecular weight excluding hydrogens is 274 g/mol. The SMILES string of the molecule is CC(C)(C(=O)NCc1cccc(Cl)c1)N1CCNCC1. The fourth-order valence-electron chi connectivity index (χ4n) is 2.41. The molecule has 1 aliphatic heterocycles. The highest BCUT2D eigenvalue weighted by molar-refractivity contribution is 6.30. The van der Waals surface area contributed by atoms with E-state index < -0.39 is 5.54 Å². The van der Waals surface area contributed by atoms with E-state index in [2.05, 4.69) is 15.5 Å². The van der Waals surface area contributed by atoms with E-state index in [1.807, 2.05) is 38.1 Å². The molecule has 0 atom stereocenters. The predicted octanol–water partition coefficient (Wildman–Crippen LogP) is 1.64. The van der Waals surface area contributed by atoms with E-state index in [1.165, 1.54) is 0 Å². The minimum atomic E-state index is -0.485. The monoisotopic (exact) mass is 295 g/mol. The number of carbonyl (C=O) groups excluding carboxylic acids is 1. The number of nitrogens with one attached hydrogen (secondary N) is 2. The Bertz CT molecular complexity index is 470. The zero-order valence-corrected chi connectivity index (χ0v) is 12.8. The Hall–Kier alpha value is -1.10. The first-order valence-corrected chi connectivity index (χ1v) is 7.36. The van der Waals surface area contributed by atoms with E-state index in [0.717, 1.165) is 31.7 Å². The molecule has 1 aromatic rings. The van der Waals surface area contributed by atoms with Crippen molar-refractivity contribution in [2.75, 3.05) is 26.2 Å². The average Bonchev–Trinajstić information content (AvgIpc) is 2.45. The van der Waals surface area contributed by atoms with Crippen LogP contribution in [-0.4, -0.2) is 42.5 Å². The number of hydrogen-bond acceptors (Lipinski definition) is 3. The number of piperazine rings is 1. The maximum absolute atomic E-state index is 12.4. The molecule has 1 aromatic carbocycles. The van der Waals surface area contributed by atoms with Gasteiger partial charge in [0, 0.05) is 37.7 Å². The average molecular weight is 296 g/mol. The molecule has 1 saturated heterocycles. The third kappa shape index (κ3) is 3.72. The molecule has 1 fully saturated rings. The van der Waals surface area contributed by atoms with E-state index in [-0.39, 0.29) is 5.91 Å². The van der Waals surface area contributed by atoms with Crippen molar-refractivity contribution in [3.05, 3.63) is 34.9 Å². The van der Waals surface area contributed by atoms with Crippen LogP contribution >= 0.6 is 11.6 Å². The van der Waals surface area contributed by atoms with E-state index in [1.54, 1.807) is 0 Å². The van der Waals surface area contributed by atoms with Gasteiger partial charge in [-0.1, -0.05) is 23.7 Å². The molecule has 0 spiro atoms. The van der Waals surface area contributed by atoms with Gasteiger partial charge < -0.3 is 10.6 Å². The van der Waals surface area contributed by atoms with Crippen molar-refractivity contribution in [3.63, 3.8) is 0 Å². The lowest BCUT2D eigenvalue weighted by Crippen LogP contribution is -2.59. The first-order valence-electron chi connectivity index (χ1n) is 6.98. The molecule has 4 nitrogen and oxygen atoms in total. The Morgan fingerprint density at radius 2 is 2.10 bits per heavy atom. The molecular formula is C15H22ClN3O. The number of amides is 1. The molecule has 5 heteroatoms. The summed E-state index contributed by atoms with van der Waals surface area (Å²) < 4.78 is 0. The van der Waals surface area contributed by atoms with E-state index in [4.69, 9.17) is 11.6 Å². The first kappa shape index (κ1) is 15.3. The second kappa shape index (κ2) is 6.57. The number of rotatable bonds is 4. The summed E-state index contributed by atoms with van der Waals surface area (Å²) in [6, 6.07) is 7.56. The van der Waals surface area contributed by atoms with Gasteiger partial charge in [-0.3, -0.25) is 9.69 Å². The molecule has 0 bridgehead atoms. The van der Waals surface area contributed by atoms with Gasteiger partial charge in [0.1, 0.15) is 0 Å². The Balaban J connectivity index is 1.93. The first-order chi connectivity index (χ1) is 9.50. The Labute approximate surface area is 125 Å². The minimum Gasteiger partial charge on any atom is -0.350 e. The Morgan fingerprint density at radius 3 is 2.75 bits per heavy atom. The minimum absolute atomic E-state index is 0.0550. The van der Waals surface area contributed by atoms with Crippen LogP contribution < -0.4 is 10.6 Å². The highest BCUT2D eigenvalue weighted by Gasteiger charge is 2.34. The van der Waals surface area contributed by atoms with E-state index >= 15 is 0 Å². The lowest BCUT2D eigenvalue weighted by Gasteiger charge is -2.39. The van der Waals surface area contributed by atoms with Gasteiger partial charge in [0.25, 0.3) is 0 Å². The lowest BCUT2D eigenvalue weighted by molar-refractivity contribution is -0.132. The van der Waals surface area contributed by atoms with Gasteiger partial charge in [0.15, 0.2) is 0 Å².